The van der Waals surface area contributed by atoms with E-state index in [4.69, 9.17) is 9.84 Å². The number of benzene rings is 1. The van der Waals surface area contributed by atoms with Crippen molar-refractivity contribution in [3.05, 3.63) is 35.9 Å². The third-order valence-corrected chi connectivity index (χ3v) is 2.79. The van der Waals surface area contributed by atoms with Crippen molar-refractivity contribution in [1.29, 1.82) is 0 Å². The Balaban J connectivity index is 2.56. The van der Waals surface area contributed by atoms with E-state index in [1.54, 1.807) is 23.9 Å². The number of carboxylic acid groups (broad SMARTS) is 1. The van der Waals surface area contributed by atoms with Gasteiger partial charge < -0.3 is 9.84 Å². The van der Waals surface area contributed by atoms with Crippen molar-refractivity contribution in [2.24, 2.45) is 0 Å². The topological polar surface area (TPSA) is 77.2 Å². The van der Waals surface area contributed by atoms with Gasteiger partial charge >= 0.3 is 5.97 Å². The number of rotatable bonds is 3. The van der Waals surface area contributed by atoms with Crippen molar-refractivity contribution in [2.75, 3.05) is 7.11 Å². The molecule has 0 fully saturated rings. The Hall–Kier alpha value is -2.37. The van der Waals surface area contributed by atoms with Gasteiger partial charge in [-0.2, -0.15) is 0 Å². The zero-order valence-corrected chi connectivity index (χ0v) is 11.9. The Morgan fingerprint density at radius 1 is 1.25 bits per heavy atom. The molecule has 0 spiro atoms. The van der Waals surface area contributed by atoms with E-state index >= 15 is 0 Å². The molecular formula is C14H17N3O3. The summed E-state index contributed by atoms with van der Waals surface area (Å²) in [6.45, 7) is 5.88. The number of hydrogen-bond acceptors (Lipinski definition) is 4. The molecule has 6 heteroatoms. The lowest BCUT2D eigenvalue weighted by molar-refractivity contribution is 0.0683. The van der Waals surface area contributed by atoms with Crippen LogP contribution in [0.25, 0.3) is 5.69 Å². The molecule has 0 aliphatic heterocycles. The summed E-state index contributed by atoms with van der Waals surface area (Å²) in [5.74, 6) is -0.0156. The molecule has 0 saturated carbocycles. The average Bonchev–Trinajstić information content (AvgIpc) is 2.84. The lowest BCUT2D eigenvalue weighted by atomic mass is 9.95. The van der Waals surface area contributed by atoms with E-state index in [-0.39, 0.29) is 11.2 Å². The van der Waals surface area contributed by atoms with E-state index in [1.807, 2.05) is 32.9 Å². The molecule has 0 unspecified atom stereocenters. The first-order chi connectivity index (χ1) is 9.32. The summed E-state index contributed by atoms with van der Waals surface area (Å²) in [7, 11) is 1.59. The summed E-state index contributed by atoms with van der Waals surface area (Å²) in [5, 5.41) is 13.1. The number of hydrogen-bond donors (Lipinski definition) is 1. The molecule has 0 radical (unpaired) electrons. The summed E-state index contributed by atoms with van der Waals surface area (Å²) < 4.78 is 6.67. The smallest absolute Gasteiger partial charge is 0.375 e. The van der Waals surface area contributed by atoms with Crippen molar-refractivity contribution in [1.82, 2.24) is 14.8 Å². The van der Waals surface area contributed by atoms with Crippen molar-refractivity contribution < 1.29 is 14.6 Å². The SMILES string of the molecule is COc1ccc(-n2nc(C(=O)O)nc2C(C)(C)C)cc1. The van der Waals surface area contributed by atoms with Gasteiger partial charge in [0.2, 0.25) is 0 Å². The number of methoxy groups -OCH3 is 1. The molecule has 2 rings (SSSR count). The van der Waals surface area contributed by atoms with Crippen LogP contribution in [0.5, 0.6) is 5.75 Å². The van der Waals surface area contributed by atoms with E-state index in [2.05, 4.69) is 10.1 Å². The van der Waals surface area contributed by atoms with Crippen molar-refractivity contribution in [2.45, 2.75) is 26.2 Å². The number of aromatic nitrogens is 3. The summed E-state index contributed by atoms with van der Waals surface area (Å²) in [4.78, 5) is 15.2. The number of carbonyl (C=O) groups is 1. The number of aromatic carboxylic acids is 1. The minimum atomic E-state index is -1.14. The summed E-state index contributed by atoms with van der Waals surface area (Å²) in [6, 6.07) is 7.22. The monoisotopic (exact) mass is 275 g/mol. The second kappa shape index (κ2) is 4.96. The van der Waals surface area contributed by atoms with Crippen molar-refractivity contribution in [3.63, 3.8) is 0 Å². The summed E-state index contributed by atoms with van der Waals surface area (Å²) in [6.07, 6.45) is 0. The molecule has 0 bridgehead atoms. The summed E-state index contributed by atoms with van der Waals surface area (Å²) >= 11 is 0. The molecule has 1 N–H and O–H groups in total. The number of ether oxygens (including phenoxy) is 1. The van der Waals surface area contributed by atoms with Crippen LogP contribution in [0.3, 0.4) is 0 Å². The Labute approximate surface area is 117 Å². The van der Waals surface area contributed by atoms with E-state index in [0.717, 1.165) is 11.4 Å². The highest BCUT2D eigenvalue weighted by Gasteiger charge is 2.25. The molecule has 0 atom stereocenters. The molecular weight excluding hydrogens is 258 g/mol. The molecule has 1 aromatic carbocycles. The van der Waals surface area contributed by atoms with Gasteiger partial charge in [-0.05, 0) is 24.3 Å². The Kier molecular flexibility index (Phi) is 3.48. The van der Waals surface area contributed by atoms with Crippen molar-refractivity contribution in [3.8, 4) is 11.4 Å². The van der Waals surface area contributed by atoms with Gasteiger partial charge in [0.1, 0.15) is 11.6 Å². The first-order valence-electron chi connectivity index (χ1n) is 6.18. The lowest BCUT2D eigenvalue weighted by Crippen LogP contribution is -2.18. The lowest BCUT2D eigenvalue weighted by Gasteiger charge is -2.18. The van der Waals surface area contributed by atoms with Gasteiger partial charge in [0, 0.05) is 5.41 Å². The van der Waals surface area contributed by atoms with Gasteiger partial charge in [0.15, 0.2) is 0 Å². The normalized spacial score (nSPS) is 11.4. The highest BCUT2D eigenvalue weighted by molar-refractivity contribution is 5.83. The minimum Gasteiger partial charge on any atom is -0.497 e. The van der Waals surface area contributed by atoms with Crippen LogP contribution in [0.2, 0.25) is 0 Å². The van der Waals surface area contributed by atoms with Gasteiger partial charge in [-0.3, -0.25) is 0 Å². The molecule has 0 aliphatic carbocycles. The van der Waals surface area contributed by atoms with E-state index < -0.39 is 5.97 Å². The van der Waals surface area contributed by atoms with E-state index in [9.17, 15) is 4.79 Å². The maximum absolute atomic E-state index is 11.1. The van der Waals surface area contributed by atoms with Crippen LogP contribution in [-0.2, 0) is 5.41 Å². The average molecular weight is 275 g/mol. The molecule has 106 valence electrons. The van der Waals surface area contributed by atoms with Gasteiger partial charge in [-0.1, -0.05) is 20.8 Å². The third kappa shape index (κ3) is 2.64. The fourth-order valence-electron chi connectivity index (χ4n) is 1.79. The van der Waals surface area contributed by atoms with Gasteiger partial charge in [0.25, 0.3) is 5.82 Å². The first-order valence-corrected chi connectivity index (χ1v) is 6.18. The van der Waals surface area contributed by atoms with E-state index in [0.29, 0.717) is 5.82 Å². The number of nitrogens with zero attached hydrogens (tertiary/aromatic N) is 3. The van der Waals surface area contributed by atoms with Crippen LogP contribution in [-0.4, -0.2) is 33.0 Å². The molecule has 6 nitrogen and oxygen atoms in total. The van der Waals surface area contributed by atoms with Gasteiger partial charge in [-0.25, -0.2) is 14.5 Å². The van der Waals surface area contributed by atoms with Crippen LogP contribution < -0.4 is 4.74 Å². The predicted octanol–water partition coefficient (Wildman–Crippen LogP) is 2.27. The highest BCUT2D eigenvalue weighted by atomic mass is 16.5. The fraction of sp³-hybridized carbons (Fsp3) is 0.357. The quantitative estimate of drug-likeness (QED) is 0.929. The van der Waals surface area contributed by atoms with E-state index in [1.165, 1.54) is 0 Å². The maximum atomic E-state index is 11.1. The van der Waals surface area contributed by atoms with Crippen molar-refractivity contribution >= 4 is 5.97 Å². The van der Waals surface area contributed by atoms with Crippen LogP contribution in [0.15, 0.2) is 24.3 Å². The Bertz CT molecular complexity index is 624. The zero-order chi connectivity index (χ0) is 14.9. The van der Waals surface area contributed by atoms with Crippen LogP contribution >= 0.6 is 0 Å². The molecule has 1 aromatic heterocycles. The highest BCUT2D eigenvalue weighted by Crippen LogP contribution is 2.24. The molecule has 0 amide bonds. The third-order valence-electron chi connectivity index (χ3n) is 2.79. The molecule has 1 heterocycles. The minimum absolute atomic E-state index is 0.203. The van der Waals surface area contributed by atoms with Gasteiger partial charge in [0.05, 0.1) is 12.8 Å². The zero-order valence-electron chi connectivity index (χ0n) is 11.9. The van der Waals surface area contributed by atoms with Crippen LogP contribution in [0, 0.1) is 0 Å². The first kappa shape index (κ1) is 14.0. The Morgan fingerprint density at radius 3 is 2.30 bits per heavy atom. The second-order valence-corrected chi connectivity index (χ2v) is 5.42. The molecule has 0 aliphatic rings. The summed E-state index contributed by atoms with van der Waals surface area (Å²) in [5.41, 5.74) is 0.427. The fourth-order valence-corrected chi connectivity index (χ4v) is 1.79. The molecule has 20 heavy (non-hydrogen) atoms. The molecule has 0 saturated heterocycles. The predicted molar refractivity (Wildman–Crippen MR) is 73.6 cm³/mol. The second-order valence-electron chi connectivity index (χ2n) is 5.42. The largest absolute Gasteiger partial charge is 0.497 e. The maximum Gasteiger partial charge on any atom is 0.375 e. The Morgan fingerprint density at radius 2 is 1.85 bits per heavy atom. The number of carboxylic acids is 1. The standard InChI is InChI=1S/C14H17N3O3/c1-14(2,3)13-15-11(12(18)19)16-17(13)9-5-7-10(20-4)8-6-9/h5-8H,1-4H3,(H,18,19). The van der Waals surface area contributed by atoms with Crippen LogP contribution in [0.1, 0.15) is 37.2 Å². The van der Waals surface area contributed by atoms with Crippen LogP contribution in [0.4, 0.5) is 0 Å². The van der Waals surface area contributed by atoms with Gasteiger partial charge in [-0.15, -0.1) is 5.10 Å². The molecule has 2 aromatic rings.